The lowest BCUT2D eigenvalue weighted by Crippen LogP contribution is -2.48. The van der Waals surface area contributed by atoms with Crippen molar-refractivity contribution in [3.8, 4) is 0 Å². The van der Waals surface area contributed by atoms with Gasteiger partial charge >= 0.3 is 0 Å². The second kappa shape index (κ2) is 7.87. The van der Waals surface area contributed by atoms with Crippen LogP contribution in [-0.2, 0) is 16.4 Å². The molecule has 1 atom stereocenters. The van der Waals surface area contributed by atoms with E-state index in [0.717, 1.165) is 31.5 Å². The summed E-state index contributed by atoms with van der Waals surface area (Å²) in [6.07, 6.45) is 5.25. The molecule has 1 aliphatic rings. The Morgan fingerprint density at radius 3 is 3.00 bits per heavy atom. The largest absolute Gasteiger partial charge is 0.313 e. The third kappa shape index (κ3) is 5.05. The first kappa shape index (κ1) is 16.4. The highest BCUT2D eigenvalue weighted by Gasteiger charge is 2.28. The molecule has 0 aromatic carbocycles. The van der Waals surface area contributed by atoms with Crippen LogP contribution >= 0.6 is 0 Å². The Balaban J connectivity index is 1.89. The topological polar surface area (TPSA) is 62.3 Å². The summed E-state index contributed by atoms with van der Waals surface area (Å²) < 4.78 is 26.5. The fraction of sp³-hybridized carbons (Fsp3) is 0.667. The van der Waals surface area contributed by atoms with Gasteiger partial charge in [0.15, 0.2) is 0 Å². The highest BCUT2D eigenvalue weighted by molar-refractivity contribution is 7.89. The fourth-order valence-corrected chi connectivity index (χ4v) is 4.16. The smallest absolute Gasteiger partial charge is 0.214 e. The molecule has 0 amide bonds. The Morgan fingerprint density at radius 1 is 1.43 bits per heavy atom. The first-order chi connectivity index (χ1) is 10.1. The van der Waals surface area contributed by atoms with E-state index < -0.39 is 10.0 Å². The first-order valence-corrected chi connectivity index (χ1v) is 9.34. The van der Waals surface area contributed by atoms with Crippen molar-refractivity contribution in [1.82, 2.24) is 14.6 Å². The highest BCUT2D eigenvalue weighted by atomic mass is 32.2. The molecule has 1 aromatic rings. The number of pyridine rings is 1. The highest BCUT2D eigenvalue weighted by Crippen LogP contribution is 2.15. The molecular formula is C15H25N3O2S. The molecule has 0 radical (unpaired) electrons. The zero-order valence-corrected chi connectivity index (χ0v) is 13.5. The molecule has 2 rings (SSSR count). The maximum absolute atomic E-state index is 12.4. The summed E-state index contributed by atoms with van der Waals surface area (Å²) >= 11 is 0. The number of aryl methyl sites for hydroxylation is 1. The lowest BCUT2D eigenvalue weighted by Gasteiger charge is -2.32. The van der Waals surface area contributed by atoms with Crippen LogP contribution in [0.15, 0.2) is 24.4 Å². The van der Waals surface area contributed by atoms with Crippen LogP contribution in [0.5, 0.6) is 0 Å². The molecule has 1 unspecified atom stereocenters. The van der Waals surface area contributed by atoms with E-state index in [1.54, 1.807) is 10.5 Å². The molecule has 6 heteroatoms. The van der Waals surface area contributed by atoms with Crippen LogP contribution in [-0.4, -0.2) is 49.1 Å². The van der Waals surface area contributed by atoms with Crippen LogP contribution in [0, 0.1) is 0 Å². The maximum atomic E-state index is 12.4. The Labute approximate surface area is 127 Å². The van der Waals surface area contributed by atoms with Crippen molar-refractivity contribution in [2.24, 2.45) is 0 Å². The van der Waals surface area contributed by atoms with E-state index in [9.17, 15) is 8.42 Å². The van der Waals surface area contributed by atoms with Crippen molar-refractivity contribution in [2.45, 2.75) is 38.6 Å². The molecule has 21 heavy (non-hydrogen) atoms. The fourth-order valence-electron chi connectivity index (χ4n) is 2.62. The summed E-state index contributed by atoms with van der Waals surface area (Å²) in [6, 6.07) is 5.90. The van der Waals surface area contributed by atoms with Crippen molar-refractivity contribution in [2.75, 3.05) is 25.4 Å². The van der Waals surface area contributed by atoms with Crippen LogP contribution in [0.1, 0.15) is 31.9 Å². The van der Waals surface area contributed by atoms with Crippen molar-refractivity contribution in [3.05, 3.63) is 30.1 Å². The van der Waals surface area contributed by atoms with E-state index in [1.807, 2.05) is 18.2 Å². The van der Waals surface area contributed by atoms with Crippen LogP contribution < -0.4 is 5.32 Å². The summed E-state index contributed by atoms with van der Waals surface area (Å²) in [5, 5.41) is 3.43. The van der Waals surface area contributed by atoms with Crippen LogP contribution in [0.3, 0.4) is 0 Å². The van der Waals surface area contributed by atoms with Gasteiger partial charge in [0.1, 0.15) is 0 Å². The predicted octanol–water partition coefficient (Wildman–Crippen LogP) is 1.42. The van der Waals surface area contributed by atoms with Crippen LogP contribution in [0.25, 0.3) is 0 Å². The van der Waals surface area contributed by atoms with E-state index in [4.69, 9.17) is 0 Å². The summed E-state index contributed by atoms with van der Waals surface area (Å²) in [6.45, 7) is 4.32. The lowest BCUT2D eigenvalue weighted by molar-refractivity contribution is 0.284. The summed E-state index contributed by atoms with van der Waals surface area (Å²) in [4.78, 5) is 4.19. The molecule has 0 aliphatic carbocycles. The Morgan fingerprint density at radius 2 is 2.29 bits per heavy atom. The van der Waals surface area contributed by atoms with Crippen molar-refractivity contribution in [1.29, 1.82) is 0 Å². The zero-order valence-electron chi connectivity index (χ0n) is 12.7. The molecule has 5 nitrogen and oxygen atoms in total. The third-order valence-corrected chi connectivity index (χ3v) is 5.64. The standard InChI is InChI=1S/C15H25N3O2S/c1-2-9-16-15-7-5-11-18(13-15)21(19,20)12-8-14-6-3-4-10-17-14/h3-4,6,10,15-16H,2,5,7-9,11-13H2,1H3. The van der Waals surface area contributed by atoms with Crippen molar-refractivity contribution >= 4 is 10.0 Å². The van der Waals surface area contributed by atoms with Crippen molar-refractivity contribution < 1.29 is 8.42 Å². The van der Waals surface area contributed by atoms with Crippen LogP contribution in [0.4, 0.5) is 0 Å². The van der Waals surface area contributed by atoms with E-state index in [-0.39, 0.29) is 5.75 Å². The van der Waals surface area contributed by atoms with Gasteiger partial charge in [0.25, 0.3) is 0 Å². The third-order valence-electron chi connectivity index (χ3n) is 3.80. The summed E-state index contributed by atoms with van der Waals surface area (Å²) in [7, 11) is -3.19. The van der Waals surface area contributed by atoms with E-state index >= 15 is 0 Å². The Hall–Kier alpha value is -0.980. The van der Waals surface area contributed by atoms with Gasteiger partial charge in [0.05, 0.1) is 5.75 Å². The molecule has 118 valence electrons. The van der Waals surface area contributed by atoms with E-state index in [0.29, 0.717) is 25.6 Å². The lowest BCUT2D eigenvalue weighted by atomic mass is 10.1. The number of rotatable bonds is 7. The molecule has 1 fully saturated rings. The SMILES string of the molecule is CCCNC1CCCN(S(=O)(=O)CCc2ccccn2)C1. The number of aromatic nitrogens is 1. The van der Waals surface area contributed by atoms with Gasteiger partial charge in [0.2, 0.25) is 10.0 Å². The van der Waals surface area contributed by atoms with Gasteiger partial charge in [-0.2, -0.15) is 0 Å². The minimum atomic E-state index is -3.19. The quantitative estimate of drug-likeness (QED) is 0.827. The van der Waals surface area contributed by atoms with Gasteiger partial charge in [-0.3, -0.25) is 4.98 Å². The Bertz CT molecular complexity index is 519. The molecule has 0 spiro atoms. The van der Waals surface area contributed by atoms with Gasteiger partial charge < -0.3 is 5.32 Å². The summed E-state index contributed by atoms with van der Waals surface area (Å²) in [5.74, 6) is 0.143. The predicted molar refractivity (Wildman–Crippen MR) is 84.6 cm³/mol. The molecule has 1 saturated heterocycles. The molecule has 1 aliphatic heterocycles. The molecule has 0 saturated carbocycles. The zero-order chi connectivity index (χ0) is 15.1. The Kier molecular flexibility index (Phi) is 6.14. The number of hydrogen-bond donors (Lipinski definition) is 1. The second-order valence-corrected chi connectivity index (χ2v) is 7.63. The minimum Gasteiger partial charge on any atom is -0.313 e. The van der Waals surface area contributed by atoms with Crippen LogP contribution in [0.2, 0.25) is 0 Å². The number of nitrogens with one attached hydrogen (secondary N) is 1. The normalized spacial score (nSPS) is 20.5. The van der Waals surface area contributed by atoms with Gasteiger partial charge in [-0.1, -0.05) is 13.0 Å². The van der Waals surface area contributed by atoms with E-state index in [1.165, 1.54) is 0 Å². The van der Waals surface area contributed by atoms with Gasteiger partial charge in [-0.25, -0.2) is 12.7 Å². The minimum absolute atomic E-state index is 0.143. The second-order valence-electron chi connectivity index (χ2n) is 5.54. The molecule has 2 heterocycles. The molecular weight excluding hydrogens is 286 g/mol. The molecule has 0 bridgehead atoms. The number of nitrogens with zero attached hydrogens (tertiary/aromatic N) is 2. The monoisotopic (exact) mass is 311 g/mol. The number of sulfonamides is 1. The van der Waals surface area contributed by atoms with Gasteiger partial charge in [0, 0.05) is 37.4 Å². The average molecular weight is 311 g/mol. The summed E-state index contributed by atoms with van der Waals surface area (Å²) in [5.41, 5.74) is 0.832. The molecule has 1 N–H and O–H groups in total. The first-order valence-electron chi connectivity index (χ1n) is 7.73. The van der Waals surface area contributed by atoms with Crippen molar-refractivity contribution in [3.63, 3.8) is 0 Å². The number of piperidine rings is 1. The molecule has 1 aromatic heterocycles. The van der Waals surface area contributed by atoms with E-state index in [2.05, 4.69) is 17.2 Å². The van der Waals surface area contributed by atoms with Gasteiger partial charge in [-0.05, 0) is 37.9 Å². The number of hydrogen-bond acceptors (Lipinski definition) is 4. The average Bonchev–Trinajstić information content (AvgIpc) is 2.52. The van der Waals surface area contributed by atoms with Gasteiger partial charge in [-0.15, -0.1) is 0 Å². The maximum Gasteiger partial charge on any atom is 0.214 e.